The molecule has 1 atom stereocenters. The van der Waals surface area contributed by atoms with E-state index in [1.165, 1.54) is 6.08 Å². The highest BCUT2D eigenvalue weighted by Crippen LogP contribution is 2.05. The summed E-state index contributed by atoms with van der Waals surface area (Å²) in [5.41, 5.74) is 5.59. The van der Waals surface area contributed by atoms with Crippen LogP contribution in [0.3, 0.4) is 0 Å². The molecule has 0 spiro atoms. The molecule has 1 fully saturated rings. The van der Waals surface area contributed by atoms with Gasteiger partial charge in [0.25, 0.3) is 0 Å². The lowest BCUT2D eigenvalue weighted by Gasteiger charge is -2.37. The summed E-state index contributed by atoms with van der Waals surface area (Å²) < 4.78 is 0. The molecule has 0 aromatic heterocycles. The van der Waals surface area contributed by atoms with Gasteiger partial charge in [-0.2, -0.15) is 0 Å². The second-order valence-corrected chi connectivity index (χ2v) is 3.65. The maximum Gasteiger partial charge on any atom is 0.246 e. The molecule has 1 rings (SSSR count). The van der Waals surface area contributed by atoms with Crippen LogP contribution >= 0.6 is 0 Å². The molecule has 2 N–H and O–H groups in total. The summed E-state index contributed by atoms with van der Waals surface area (Å²) in [6.07, 6.45) is 1.38. The number of nitrogens with two attached hydrogens (primary N) is 1. The van der Waals surface area contributed by atoms with Crippen molar-refractivity contribution in [3.8, 4) is 0 Å². The maximum atomic E-state index is 11.3. The number of hydrogen-bond acceptors (Lipinski definition) is 3. The normalized spacial score (nSPS) is 20.6. The van der Waals surface area contributed by atoms with Crippen molar-refractivity contribution in [3.63, 3.8) is 0 Å². The molecule has 4 nitrogen and oxygen atoms in total. The molecule has 0 radical (unpaired) electrons. The highest BCUT2D eigenvalue weighted by Gasteiger charge is 2.21. The second-order valence-electron chi connectivity index (χ2n) is 3.65. The van der Waals surface area contributed by atoms with Crippen LogP contribution in [0.4, 0.5) is 0 Å². The van der Waals surface area contributed by atoms with Crippen LogP contribution in [0.5, 0.6) is 0 Å². The van der Waals surface area contributed by atoms with Crippen molar-refractivity contribution in [2.45, 2.75) is 13.0 Å². The molecular weight excluding hydrogens is 178 g/mol. The summed E-state index contributed by atoms with van der Waals surface area (Å²) in [6.45, 7) is 9.68. The van der Waals surface area contributed by atoms with Gasteiger partial charge in [0.1, 0.15) is 0 Å². The van der Waals surface area contributed by atoms with E-state index in [0.29, 0.717) is 12.6 Å². The van der Waals surface area contributed by atoms with Crippen LogP contribution in [0.15, 0.2) is 12.7 Å². The lowest BCUT2D eigenvalue weighted by atomic mass is 10.2. The molecule has 14 heavy (non-hydrogen) atoms. The van der Waals surface area contributed by atoms with E-state index in [9.17, 15) is 4.79 Å². The first kappa shape index (κ1) is 11.2. The average molecular weight is 197 g/mol. The molecule has 80 valence electrons. The van der Waals surface area contributed by atoms with Crippen LogP contribution in [-0.4, -0.2) is 54.5 Å². The molecule has 1 saturated heterocycles. The van der Waals surface area contributed by atoms with Crippen LogP contribution in [0.2, 0.25) is 0 Å². The van der Waals surface area contributed by atoms with Gasteiger partial charge >= 0.3 is 0 Å². The smallest absolute Gasteiger partial charge is 0.246 e. The van der Waals surface area contributed by atoms with Crippen molar-refractivity contribution >= 4 is 5.91 Å². The average Bonchev–Trinajstić information content (AvgIpc) is 2.27. The van der Waals surface area contributed by atoms with Gasteiger partial charge in [-0.15, -0.1) is 0 Å². The number of carbonyl (C=O) groups is 1. The van der Waals surface area contributed by atoms with Gasteiger partial charge in [0.05, 0.1) is 0 Å². The van der Waals surface area contributed by atoms with Crippen LogP contribution in [0.1, 0.15) is 6.92 Å². The minimum absolute atomic E-state index is 0.0325. The quantitative estimate of drug-likeness (QED) is 0.630. The Balaban J connectivity index is 2.38. The van der Waals surface area contributed by atoms with Gasteiger partial charge in [0, 0.05) is 38.8 Å². The summed E-state index contributed by atoms with van der Waals surface area (Å²) in [5.74, 6) is 0.0325. The molecular formula is C10H19N3O. The zero-order chi connectivity index (χ0) is 10.6. The van der Waals surface area contributed by atoms with Crippen molar-refractivity contribution in [1.82, 2.24) is 9.80 Å². The van der Waals surface area contributed by atoms with E-state index < -0.39 is 0 Å². The molecule has 0 bridgehead atoms. The monoisotopic (exact) mass is 197 g/mol. The molecule has 1 aliphatic rings. The highest BCUT2D eigenvalue weighted by molar-refractivity contribution is 5.87. The lowest BCUT2D eigenvalue weighted by molar-refractivity contribution is -0.127. The second kappa shape index (κ2) is 5.12. The minimum atomic E-state index is 0.0325. The number of carbonyl (C=O) groups excluding carboxylic acids is 1. The first-order valence-corrected chi connectivity index (χ1v) is 5.04. The molecule has 0 aromatic rings. The van der Waals surface area contributed by atoms with Crippen molar-refractivity contribution in [2.75, 3.05) is 32.7 Å². The van der Waals surface area contributed by atoms with E-state index >= 15 is 0 Å². The Morgan fingerprint density at radius 2 is 2.07 bits per heavy atom. The summed E-state index contributed by atoms with van der Waals surface area (Å²) in [5, 5.41) is 0. The molecule has 0 aromatic carbocycles. The van der Waals surface area contributed by atoms with Gasteiger partial charge in [-0.25, -0.2) is 0 Å². The van der Waals surface area contributed by atoms with E-state index in [1.807, 2.05) is 4.90 Å². The SMILES string of the molecule is C=CC(=O)N1CCN(C(C)CN)CC1. The van der Waals surface area contributed by atoms with E-state index in [4.69, 9.17) is 5.73 Å². The molecule has 1 aliphatic heterocycles. The number of rotatable bonds is 3. The molecule has 4 heteroatoms. The van der Waals surface area contributed by atoms with Crippen LogP contribution in [0.25, 0.3) is 0 Å². The van der Waals surface area contributed by atoms with E-state index in [1.54, 1.807) is 0 Å². The van der Waals surface area contributed by atoms with Gasteiger partial charge in [0.2, 0.25) is 5.91 Å². The topological polar surface area (TPSA) is 49.6 Å². The summed E-state index contributed by atoms with van der Waals surface area (Å²) >= 11 is 0. The largest absolute Gasteiger partial charge is 0.337 e. The van der Waals surface area contributed by atoms with Crippen LogP contribution < -0.4 is 5.73 Å². The Hall–Kier alpha value is -0.870. The van der Waals surface area contributed by atoms with Crippen molar-refractivity contribution < 1.29 is 4.79 Å². The molecule has 0 aliphatic carbocycles. The summed E-state index contributed by atoms with van der Waals surface area (Å²) in [4.78, 5) is 15.4. The predicted octanol–water partition coefficient (Wildman–Crippen LogP) is -0.336. The van der Waals surface area contributed by atoms with Crippen LogP contribution in [-0.2, 0) is 4.79 Å². The third kappa shape index (κ3) is 2.56. The Morgan fingerprint density at radius 3 is 2.50 bits per heavy atom. The van der Waals surface area contributed by atoms with E-state index in [-0.39, 0.29) is 5.91 Å². The van der Waals surface area contributed by atoms with Gasteiger partial charge in [-0.3, -0.25) is 9.69 Å². The molecule has 0 saturated carbocycles. The fourth-order valence-electron chi connectivity index (χ4n) is 1.66. The maximum absolute atomic E-state index is 11.3. The predicted molar refractivity (Wildman–Crippen MR) is 56.9 cm³/mol. The zero-order valence-corrected chi connectivity index (χ0v) is 8.78. The fraction of sp³-hybridized carbons (Fsp3) is 0.700. The summed E-state index contributed by atoms with van der Waals surface area (Å²) in [6, 6.07) is 0.413. The first-order chi connectivity index (χ1) is 6.69. The first-order valence-electron chi connectivity index (χ1n) is 5.04. The molecule has 1 heterocycles. The van der Waals surface area contributed by atoms with Crippen molar-refractivity contribution in [3.05, 3.63) is 12.7 Å². The molecule has 1 unspecified atom stereocenters. The number of nitrogens with zero attached hydrogens (tertiary/aromatic N) is 2. The Kier molecular flexibility index (Phi) is 4.10. The third-order valence-electron chi connectivity index (χ3n) is 2.77. The van der Waals surface area contributed by atoms with Gasteiger partial charge in [-0.05, 0) is 13.0 Å². The summed E-state index contributed by atoms with van der Waals surface area (Å²) in [7, 11) is 0. The standard InChI is InChI=1S/C10H19N3O/c1-3-10(14)13-6-4-12(5-7-13)9(2)8-11/h3,9H,1,4-8,11H2,2H3. The van der Waals surface area contributed by atoms with Crippen molar-refractivity contribution in [1.29, 1.82) is 0 Å². The fourth-order valence-corrected chi connectivity index (χ4v) is 1.66. The Morgan fingerprint density at radius 1 is 1.50 bits per heavy atom. The Labute approximate surface area is 85.3 Å². The zero-order valence-electron chi connectivity index (χ0n) is 8.78. The van der Waals surface area contributed by atoms with Crippen LogP contribution in [0, 0.1) is 0 Å². The lowest BCUT2D eigenvalue weighted by Crippen LogP contribution is -2.52. The van der Waals surface area contributed by atoms with E-state index in [0.717, 1.165) is 26.2 Å². The van der Waals surface area contributed by atoms with Crippen molar-refractivity contribution in [2.24, 2.45) is 5.73 Å². The highest BCUT2D eigenvalue weighted by atomic mass is 16.2. The van der Waals surface area contributed by atoms with Gasteiger partial charge in [-0.1, -0.05) is 6.58 Å². The number of hydrogen-bond donors (Lipinski definition) is 1. The molecule has 1 amide bonds. The Bertz CT molecular complexity index is 209. The van der Waals surface area contributed by atoms with Gasteiger partial charge in [0.15, 0.2) is 0 Å². The van der Waals surface area contributed by atoms with E-state index in [2.05, 4.69) is 18.4 Å². The third-order valence-corrected chi connectivity index (χ3v) is 2.77. The van der Waals surface area contributed by atoms with Gasteiger partial charge < -0.3 is 10.6 Å². The number of amides is 1. The minimum Gasteiger partial charge on any atom is -0.337 e. The number of piperazine rings is 1.